The third-order valence-electron chi connectivity index (χ3n) is 7.93. The smallest absolute Gasteiger partial charge is 0.328 e. The first-order valence-electron chi connectivity index (χ1n) is 13.2. The van der Waals surface area contributed by atoms with Crippen molar-refractivity contribution in [1.82, 2.24) is 14.8 Å². The summed E-state index contributed by atoms with van der Waals surface area (Å²) in [4.78, 5) is 34.2. The van der Waals surface area contributed by atoms with Gasteiger partial charge in [0.25, 0.3) is 0 Å². The van der Waals surface area contributed by atoms with Crippen molar-refractivity contribution in [3.63, 3.8) is 0 Å². The number of carbonyl (C=O) groups excluding carboxylic acids is 1. The Kier molecular flexibility index (Phi) is 9.27. The highest BCUT2D eigenvalue weighted by atomic mass is 79.9. The molecule has 10 heteroatoms. The normalized spacial score (nSPS) is 25.2. The number of aryl methyl sites for hydroxylation is 1. The number of hydrogen-bond donors (Lipinski definition) is 3. The highest BCUT2D eigenvalue weighted by Crippen LogP contribution is 2.47. The molecule has 1 aromatic carbocycles. The molecule has 0 spiro atoms. The number of piperidine rings is 1. The van der Waals surface area contributed by atoms with Gasteiger partial charge in [-0.15, -0.1) is 0 Å². The molecule has 38 heavy (non-hydrogen) atoms. The molecule has 0 radical (unpaired) electrons. The van der Waals surface area contributed by atoms with E-state index in [1.54, 1.807) is 0 Å². The van der Waals surface area contributed by atoms with E-state index in [1.807, 2.05) is 0 Å². The van der Waals surface area contributed by atoms with Gasteiger partial charge in [-0.1, -0.05) is 25.0 Å². The number of fused-ring (bicyclic) bond motifs is 2. The number of aromatic nitrogens is 1. The first-order valence-corrected chi connectivity index (χ1v) is 14.0. The lowest BCUT2D eigenvalue weighted by molar-refractivity contribution is -0.148. The number of likely N-dealkylation sites (tertiary alicyclic amines) is 1. The lowest BCUT2D eigenvalue weighted by Gasteiger charge is -2.45. The zero-order valence-corrected chi connectivity index (χ0v) is 23.4. The van der Waals surface area contributed by atoms with Gasteiger partial charge >= 0.3 is 17.9 Å². The van der Waals surface area contributed by atoms with E-state index < -0.39 is 11.9 Å². The number of carboxylic acid groups (broad SMARTS) is 2. The Bertz CT molecular complexity index is 1200. The van der Waals surface area contributed by atoms with Crippen LogP contribution in [0.25, 0.3) is 10.9 Å². The number of esters is 1. The van der Waals surface area contributed by atoms with Crippen LogP contribution in [0.15, 0.2) is 35.0 Å². The van der Waals surface area contributed by atoms with Crippen LogP contribution in [0.3, 0.4) is 0 Å². The standard InChI is InChI=1S/C24H32BrN3O2.C4H4O4/c1-27-13-15(14-30-24(29)19-8-4-3-5-10-26-19)11-17-16-7-6-9-20-22(16)18(12-21(17)27)23(25)28(20)2;5-3(6)1-2-4(7)8/h6-7,9,15,17,19,21,26H,3-5,8,10-14H2,1-2H3;1-2H,(H,5,6)(H,7,8)/b;2-1-/t15-,17?,19?,21-;/m1./s1. The van der Waals surface area contributed by atoms with Gasteiger partial charge in [0.2, 0.25) is 0 Å². The van der Waals surface area contributed by atoms with E-state index in [9.17, 15) is 14.4 Å². The zero-order chi connectivity index (χ0) is 27.4. The van der Waals surface area contributed by atoms with Crippen molar-refractivity contribution in [1.29, 1.82) is 0 Å². The number of carbonyl (C=O) groups is 3. The van der Waals surface area contributed by atoms with Crippen LogP contribution in [0.5, 0.6) is 0 Å². The monoisotopic (exact) mass is 589 g/mol. The second kappa shape index (κ2) is 12.4. The molecule has 3 aliphatic rings. The summed E-state index contributed by atoms with van der Waals surface area (Å²) >= 11 is 3.84. The predicted molar refractivity (Wildman–Crippen MR) is 147 cm³/mol. The van der Waals surface area contributed by atoms with E-state index in [-0.39, 0.29) is 12.0 Å². The Labute approximate surface area is 230 Å². The second-order valence-electron chi connectivity index (χ2n) is 10.5. The fraction of sp³-hybridized carbons (Fsp3) is 0.536. The minimum Gasteiger partial charge on any atom is -0.478 e. The summed E-state index contributed by atoms with van der Waals surface area (Å²) in [6.07, 6.45) is 7.66. The lowest BCUT2D eigenvalue weighted by atomic mass is 9.72. The van der Waals surface area contributed by atoms with Crippen molar-refractivity contribution in [2.24, 2.45) is 13.0 Å². The maximum absolute atomic E-state index is 12.6. The van der Waals surface area contributed by atoms with Crippen LogP contribution in [-0.4, -0.2) is 76.4 Å². The van der Waals surface area contributed by atoms with Crippen molar-refractivity contribution in [3.05, 3.63) is 46.1 Å². The Morgan fingerprint density at radius 3 is 2.58 bits per heavy atom. The summed E-state index contributed by atoms with van der Waals surface area (Å²) in [7, 11) is 4.38. The second-order valence-corrected chi connectivity index (χ2v) is 11.2. The van der Waals surface area contributed by atoms with Crippen molar-refractivity contribution < 1.29 is 29.3 Å². The minimum atomic E-state index is -1.26. The van der Waals surface area contributed by atoms with Gasteiger partial charge in [0.05, 0.1) is 11.2 Å². The van der Waals surface area contributed by atoms with E-state index >= 15 is 0 Å². The maximum atomic E-state index is 12.6. The molecule has 9 nitrogen and oxygen atoms in total. The SMILES string of the molecule is CN1C[C@H](COC(=O)C2CCCCCN2)CC2c3cccc4c3c(c(Br)n4C)C[C@H]21.O=C(O)/C=C\C(=O)O. The van der Waals surface area contributed by atoms with E-state index in [0.29, 0.717) is 36.6 Å². The number of ether oxygens (including phenoxy) is 1. The number of benzene rings is 1. The summed E-state index contributed by atoms with van der Waals surface area (Å²) in [6.45, 7) is 2.45. The number of carboxylic acids is 2. The van der Waals surface area contributed by atoms with Crippen LogP contribution in [0.1, 0.15) is 49.1 Å². The number of aliphatic carboxylic acids is 2. The number of rotatable bonds is 5. The number of nitrogens with one attached hydrogen (secondary N) is 1. The molecule has 3 heterocycles. The van der Waals surface area contributed by atoms with Crippen molar-refractivity contribution >= 4 is 44.7 Å². The molecule has 1 aliphatic carbocycles. The summed E-state index contributed by atoms with van der Waals surface area (Å²) in [5, 5.41) is 20.4. The molecule has 2 aliphatic heterocycles. The fourth-order valence-electron chi connectivity index (χ4n) is 6.15. The van der Waals surface area contributed by atoms with E-state index in [1.165, 1.54) is 33.1 Å². The molecule has 2 unspecified atom stereocenters. The van der Waals surface area contributed by atoms with Gasteiger partial charge in [0, 0.05) is 54.5 Å². The zero-order valence-electron chi connectivity index (χ0n) is 21.9. The van der Waals surface area contributed by atoms with Gasteiger partial charge in [-0.25, -0.2) is 9.59 Å². The first-order chi connectivity index (χ1) is 18.2. The predicted octanol–water partition coefficient (Wildman–Crippen LogP) is 3.69. The quantitative estimate of drug-likeness (QED) is 0.356. The molecule has 2 saturated heterocycles. The Morgan fingerprint density at radius 2 is 1.87 bits per heavy atom. The van der Waals surface area contributed by atoms with Crippen LogP contribution >= 0.6 is 15.9 Å². The molecule has 0 bridgehead atoms. The van der Waals surface area contributed by atoms with Crippen LogP contribution < -0.4 is 5.32 Å². The van der Waals surface area contributed by atoms with Gasteiger partial charge in [-0.3, -0.25) is 4.79 Å². The summed E-state index contributed by atoms with van der Waals surface area (Å²) < 4.78 is 9.31. The lowest BCUT2D eigenvalue weighted by Crippen LogP contribution is -2.49. The molecule has 1 aromatic heterocycles. The molecular weight excluding hydrogens is 554 g/mol. The Balaban J connectivity index is 0.000000368. The highest BCUT2D eigenvalue weighted by Gasteiger charge is 2.41. The summed E-state index contributed by atoms with van der Waals surface area (Å²) in [6, 6.07) is 7.12. The maximum Gasteiger partial charge on any atom is 0.328 e. The fourth-order valence-corrected chi connectivity index (χ4v) is 6.70. The number of halogens is 1. The van der Waals surface area contributed by atoms with Crippen LogP contribution in [0.4, 0.5) is 0 Å². The van der Waals surface area contributed by atoms with Crippen LogP contribution in [-0.2, 0) is 32.6 Å². The molecule has 3 N–H and O–H groups in total. The minimum absolute atomic E-state index is 0.0540. The molecule has 2 fully saturated rings. The van der Waals surface area contributed by atoms with Crippen LogP contribution in [0, 0.1) is 5.92 Å². The van der Waals surface area contributed by atoms with Crippen LogP contribution in [0.2, 0.25) is 0 Å². The third kappa shape index (κ3) is 6.30. The Morgan fingerprint density at radius 1 is 1.13 bits per heavy atom. The molecule has 0 saturated carbocycles. The Hall–Kier alpha value is -2.69. The first kappa shape index (κ1) is 28.3. The molecular formula is C28H36BrN3O6. The van der Waals surface area contributed by atoms with Crippen molar-refractivity contribution in [3.8, 4) is 0 Å². The van der Waals surface area contributed by atoms with E-state index in [0.717, 1.165) is 45.2 Å². The van der Waals surface area contributed by atoms with Gasteiger partial charge in [0.1, 0.15) is 6.04 Å². The van der Waals surface area contributed by atoms with Gasteiger partial charge in [-0.05, 0) is 72.4 Å². The molecule has 206 valence electrons. The molecule has 0 amide bonds. The largest absolute Gasteiger partial charge is 0.478 e. The van der Waals surface area contributed by atoms with E-state index in [2.05, 4.69) is 63.0 Å². The number of hydrogen-bond acceptors (Lipinski definition) is 6. The topological polar surface area (TPSA) is 121 Å². The number of nitrogens with zero attached hydrogens (tertiary/aromatic N) is 2. The summed E-state index contributed by atoms with van der Waals surface area (Å²) in [5.74, 6) is -1.69. The summed E-state index contributed by atoms with van der Waals surface area (Å²) in [5.41, 5.74) is 4.22. The van der Waals surface area contributed by atoms with Gasteiger partial charge in [-0.2, -0.15) is 0 Å². The van der Waals surface area contributed by atoms with Gasteiger partial charge in [0.15, 0.2) is 0 Å². The van der Waals surface area contributed by atoms with Crippen molar-refractivity contribution in [2.45, 2.75) is 56.5 Å². The third-order valence-corrected chi connectivity index (χ3v) is 8.94. The van der Waals surface area contributed by atoms with Gasteiger partial charge < -0.3 is 29.7 Å². The average molecular weight is 591 g/mol. The highest BCUT2D eigenvalue weighted by molar-refractivity contribution is 9.10. The molecule has 2 aromatic rings. The number of likely N-dealkylation sites (N-methyl/N-ethyl adjacent to an activating group) is 1. The molecule has 4 atom stereocenters. The average Bonchev–Trinajstić information content (AvgIpc) is 3.07. The molecule has 5 rings (SSSR count). The van der Waals surface area contributed by atoms with Crippen molar-refractivity contribution in [2.75, 3.05) is 26.7 Å². The van der Waals surface area contributed by atoms with E-state index in [4.69, 9.17) is 14.9 Å².